The van der Waals surface area contributed by atoms with E-state index in [0.29, 0.717) is 22.7 Å². The van der Waals surface area contributed by atoms with Crippen LogP contribution in [0.1, 0.15) is 15.9 Å². The maximum atomic E-state index is 12.3. The van der Waals surface area contributed by atoms with Crippen molar-refractivity contribution in [1.82, 2.24) is 0 Å². The number of hydrogen-bond acceptors (Lipinski definition) is 3. The van der Waals surface area contributed by atoms with Crippen molar-refractivity contribution in [3.05, 3.63) is 52.0 Å². The monoisotopic (exact) mass is 334 g/mol. The Kier molecular flexibility index (Phi) is 4.29. The summed E-state index contributed by atoms with van der Waals surface area (Å²) in [5.74, 6) is 0.353. The average Bonchev–Trinajstić information content (AvgIpc) is 2.40. The van der Waals surface area contributed by atoms with Gasteiger partial charge in [-0.05, 0) is 42.8 Å². The first-order valence-corrected chi connectivity index (χ1v) is 6.81. The zero-order chi connectivity index (χ0) is 14.7. The predicted octanol–water partition coefficient (Wildman–Crippen LogP) is 3.60. The molecule has 104 valence electrons. The van der Waals surface area contributed by atoms with Gasteiger partial charge in [0, 0.05) is 21.8 Å². The minimum atomic E-state index is -0.182. The van der Waals surface area contributed by atoms with Crippen LogP contribution in [0.15, 0.2) is 40.9 Å². The van der Waals surface area contributed by atoms with Gasteiger partial charge in [0.2, 0.25) is 0 Å². The van der Waals surface area contributed by atoms with Crippen molar-refractivity contribution in [2.24, 2.45) is 0 Å². The molecule has 0 saturated heterocycles. The Balaban J connectivity index is 2.28. The number of amides is 1. The van der Waals surface area contributed by atoms with E-state index in [1.807, 2.05) is 19.1 Å². The fourth-order valence-corrected chi connectivity index (χ4v) is 2.36. The van der Waals surface area contributed by atoms with E-state index in [0.717, 1.165) is 10.0 Å². The van der Waals surface area contributed by atoms with Crippen molar-refractivity contribution in [1.29, 1.82) is 0 Å². The normalized spacial score (nSPS) is 10.2. The van der Waals surface area contributed by atoms with Crippen LogP contribution in [0.25, 0.3) is 0 Å². The molecule has 2 aromatic rings. The van der Waals surface area contributed by atoms with Crippen LogP contribution >= 0.6 is 15.9 Å². The summed E-state index contributed by atoms with van der Waals surface area (Å²) in [6.07, 6.45) is 0. The Hall–Kier alpha value is -2.01. The Labute approximate surface area is 126 Å². The molecule has 1 amide bonds. The van der Waals surface area contributed by atoms with Crippen LogP contribution < -0.4 is 15.8 Å². The van der Waals surface area contributed by atoms with Crippen LogP contribution in [-0.4, -0.2) is 13.0 Å². The molecule has 0 bridgehead atoms. The molecule has 0 spiro atoms. The molecule has 0 heterocycles. The summed E-state index contributed by atoms with van der Waals surface area (Å²) >= 11 is 3.38. The number of aryl methyl sites for hydroxylation is 1. The Morgan fingerprint density at radius 3 is 2.65 bits per heavy atom. The van der Waals surface area contributed by atoms with E-state index in [1.54, 1.807) is 24.3 Å². The standard InChI is InChI=1S/C15H15BrN2O2/c1-9-7-10(16)3-5-12(9)15(19)18-13-6-4-11(17)8-14(13)20-2/h3-8H,17H2,1-2H3,(H,18,19). The van der Waals surface area contributed by atoms with Gasteiger partial charge in [-0.15, -0.1) is 0 Å². The highest BCUT2D eigenvalue weighted by Crippen LogP contribution is 2.27. The van der Waals surface area contributed by atoms with Crippen molar-refractivity contribution >= 4 is 33.2 Å². The van der Waals surface area contributed by atoms with Gasteiger partial charge in [0.05, 0.1) is 12.8 Å². The number of nitrogen functional groups attached to an aromatic ring is 1. The molecule has 0 aliphatic carbocycles. The third kappa shape index (κ3) is 3.11. The largest absolute Gasteiger partial charge is 0.494 e. The summed E-state index contributed by atoms with van der Waals surface area (Å²) in [6, 6.07) is 10.6. The molecule has 0 aliphatic rings. The third-order valence-corrected chi connectivity index (χ3v) is 3.40. The van der Waals surface area contributed by atoms with Crippen LogP contribution in [0.5, 0.6) is 5.75 Å². The molecule has 0 unspecified atom stereocenters. The zero-order valence-electron chi connectivity index (χ0n) is 11.2. The van der Waals surface area contributed by atoms with Gasteiger partial charge in [-0.25, -0.2) is 0 Å². The van der Waals surface area contributed by atoms with Crippen LogP contribution in [0.2, 0.25) is 0 Å². The van der Waals surface area contributed by atoms with E-state index in [-0.39, 0.29) is 5.91 Å². The molecule has 20 heavy (non-hydrogen) atoms. The third-order valence-electron chi connectivity index (χ3n) is 2.91. The van der Waals surface area contributed by atoms with Crippen molar-refractivity contribution in [3.8, 4) is 5.75 Å². The van der Waals surface area contributed by atoms with Gasteiger partial charge in [0.25, 0.3) is 5.91 Å². The Morgan fingerprint density at radius 1 is 1.25 bits per heavy atom. The van der Waals surface area contributed by atoms with Crippen LogP contribution in [0, 0.1) is 6.92 Å². The van der Waals surface area contributed by atoms with Gasteiger partial charge >= 0.3 is 0 Å². The zero-order valence-corrected chi connectivity index (χ0v) is 12.8. The van der Waals surface area contributed by atoms with Crippen molar-refractivity contribution in [2.45, 2.75) is 6.92 Å². The maximum absolute atomic E-state index is 12.3. The van der Waals surface area contributed by atoms with Crippen molar-refractivity contribution in [3.63, 3.8) is 0 Å². The van der Waals surface area contributed by atoms with Gasteiger partial charge in [0.15, 0.2) is 0 Å². The lowest BCUT2D eigenvalue weighted by Crippen LogP contribution is -2.14. The van der Waals surface area contributed by atoms with Gasteiger partial charge in [-0.2, -0.15) is 0 Å². The average molecular weight is 335 g/mol. The minimum Gasteiger partial charge on any atom is -0.494 e. The number of rotatable bonds is 3. The molecular weight excluding hydrogens is 320 g/mol. The number of anilines is 2. The molecule has 0 aromatic heterocycles. The first kappa shape index (κ1) is 14.4. The number of halogens is 1. The number of carbonyl (C=O) groups is 1. The molecular formula is C15H15BrN2O2. The summed E-state index contributed by atoms with van der Waals surface area (Å²) in [4.78, 5) is 12.3. The number of nitrogens with two attached hydrogens (primary N) is 1. The molecule has 5 heteroatoms. The summed E-state index contributed by atoms with van der Waals surface area (Å²) < 4.78 is 6.15. The Bertz CT molecular complexity index is 656. The van der Waals surface area contributed by atoms with Gasteiger partial charge in [0.1, 0.15) is 5.75 Å². The van der Waals surface area contributed by atoms with E-state index >= 15 is 0 Å². The van der Waals surface area contributed by atoms with E-state index < -0.39 is 0 Å². The predicted molar refractivity (Wildman–Crippen MR) is 84.2 cm³/mol. The lowest BCUT2D eigenvalue weighted by Gasteiger charge is -2.12. The van der Waals surface area contributed by atoms with Gasteiger partial charge in [-0.3, -0.25) is 4.79 Å². The molecule has 2 aromatic carbocycles. The van der Waals surface area contributed by atoms with Crippen molar-refractivity contribution in [2.75, 3.05) is 18.2 Å². The summed E-state index contributed by atoms with van der Waals surface area (Å²) in [7, 11) is 1.54. The molecule has 0 saturated carbocycles. The second-order valence-electron chi connectivity index (χ2n) is 4.37. The highest BCUT2D eigenvalue weighted by Gasteiger charge is 2.12. The lowest BCUT2D eigenvalue weighted by molar-refractivity contribution is 0.102. The smallest absolute Gasteiger partial charge is 0.256 e. The number of methoxy groups -OCH3 is 1. The number of hydrogen-bond donors (Lipinski definition) is 2. The summed E-state index contributed by atoms with van der Waals surface area (Å²) in [5, 5.41) is 2.83. The number of ether oxygens (including phenoxy) is 1. The first-order chi connectivity index (χ1) is 9.51. The number of benzene rings is 2. The van der Waals surface area contributed by atoms with E-state index in [9.17, 15) is 4.79 Å². The quantitative estimate of drug-likeness (QED) is 0.843. The number of nitrogens with one attached hydrogen (secondary N) is 1. The van der Waals surface area contributed by atoms with Gasteiger partial charge in [-0.1, -0.05) is 15.9 Å². The number of carbonyl (C=O) groups excluding carboxylic acids is 1. The minimum absolute atomic E-state index is 0.182. The molecule has 4 nitrogen and oxygen atoms in total. The second-order valence-corrected chi connectivity index (χ2v) is 5.29. The lowest BCUT2D eigenvalue weighted by atomic mass is 10.1. The molecule has 0 fully saturated rings. The second kappa shape index (κ2) is 5.96. The van der Waals surface area contributed by atoms with E-state index in [4.69, 9.17) is 10.5 Å². The topological polar surface area (TPSA) is 64.3 Å². The highest BCUT2D eigenvalue weighted by molar-refractivity contribution is 9.10. The summed E-state index contributed by atoms with van der Waals surface area (Å²) in [5.41, 5.74) is 8.37. The molecule has 2 rings (SSSR count). The fourth-order valence-electron chi connectivity index (χ4n) is 1.88. The molecule has 0 atom stereocenters. The van der Waals surface area contributed by atoms with Crippen LogP contribution in [0.4, 0.5) is 11.4 Å². The summed E-state index contributed by atoms with van der Waals surface area (Å²) in [6.45, 7) is 1.89. The van der Waals surface area contributed by atoms with E-state index in [1.165, 1.54) is 7.11 Å². The van der Waals surface area contributed by atoms with Gasteiger partial charge < -0.3 is 15.8 Å². The molecule has 0 radical (unpaired) electrons. The van der Waals surface area contributed by atoms with Crippen molar-refractivity contribution < 1.29 is 9.53 Å². The Morgan fingerprint density at radius 2 is 2.00 bits per heavy atom. The fraction of sp³-hybridized carbons (Fsp3) is 0.133. The highest BCUT2D eigenvalue weighted by atomic mass is 79.9. The SMILES string of the molecule is COc1cc(N)ccc1NC(=O)c1ccc(Br)cc1C. The van der Waals surface area contributed by atoms with E-state index in [2.05, 4.69) is 21.2 Å². The maximum Gasteiger partial charge on any atom is 0.256 e. The first-order valence-electron chi connectivity index (χ1n) is 6.02. The van der Waals surface area contributed by atoms with Crippen LogP contribution in [0.3, 0.4) is 0 Å². The van der Waals surface area contributed by atoms with Crippen LogP contribution in [-0.2, 0) is 0 Å². The molecule has 3 N–H and O–H groups in total. The molecule has 0 aliphatic heterocycles.